The SMILES string of the molecule is O[C@H]1CN[C@H]2CCN[C@H]21. The minimum Gasteiger partial charge on any atom is -0.390 e. The molecule has 0 amide bonds. The number of nitrogens with one attached hydrogen (secondary N) is 2. The first-order chi connectivity index (χ1) is 4.38. The Balaban J connectivity index is 2.07. The van der Waals surface area contributed by atoms with E-state index in [0.29, 0.717) is 12.1 Å². The van der Waals surface area contributed by atoms with Crippen LogP contribution in [0.2, 0.25) is 0 Å². The molecule has 3 nitrogen and oxygen atoms in total. The highest BCUT2D eigenvalue weighted by Crippen LogP contribution is 2.15. The van der Waals surface area contributed by atoms with Gasteiger partial charge in [-0.25, -0.2) is 0 Å². The lowest BCUT2D eigenvalue weighted by atomic mass is 10.1. The van der Waals surface area contributed by atoms with Crippen LogP contribution in [0.4, 0.5) is 0 Å². The minimum atomic E-state index is -0.155. The molecular weight excluding hydrogens is 116 g/mol. The third-order valence-corrected chi connectivity index (χ3v) is 2.27. The van der Waals surface area contributed by atoms with Gasteiger partial charge < -0.3 is 15.7 Å². The minimum absolute atomic E-state index is 0.155. The molecule has 3 atom stereocenters. The highest BCUT2D eigenvalue weighted by atomic mass is 16.3. The monoisotopic (exact) mass is 128 g/mol. The van der Waals surface area contributed by atoms with Gasteiger partial charge in [0.25, 0.3) is 0 Å². The van der Waals surface area contributed by atoms with Crippen molar-refractivity contribution in [2.24, 2.45) is 0 Å². The Morgan fingerprint density at radius 1 is 1.33 bits per heavy atom. The van der Waals surface area contributed by atoms with Gasteiger partial charge in [0.1, 0.15) is 0 Å². The van der Waals surface area contributed by atoms with E-state index in [1.165, 1.54) is 6.42 Å². The molecule has 9 heavy (non-hydrogen) atoms. The van der Waals surface area contributed by atoms with Crippen LogP contribution in [0.25, 0.3) is 0 Å². The molecule has 0 saturated carbocycles. The summed E-state index contributed by atoms with van der Waals surface area (Å²) in [5.74, 6) is 0. The first-order valence-corrected chi connectivity index (χ1v) is 3.53. The van der Waals surface area contributed by atoms with Crippen molar-refractivity contribution in [3.63, 3.8) is 0 Å². The topological polar surface area (TPSA) is 44.3 Å². The van der Waals surface area contributed by atoms with Crippen LogP contribution >= 0.6 is 0 Å². The molecule has 2 heterocycles. The van der Waals surface area contributed by atoms with Crippen LogP contribution in [0.1, 0.15) is 6.42 Å². The van der Waals surface area contributed by atoms with Crippen LogP contribution in [-0.2, 0) is 0 Å². The summed E-state index contributed by atoms with van der Waals surface area (Å²) in [6, 6.07) is 0.880. The van der Waals surface area contributed by atoms with Crippen molar-refractivity contribution >= 4 is 0 Å². The lowest BCUT2D eigenvalue weighted by molar-refractivity contribution is 0.166. The second-order valence-electron chi connectivity index (χ2n) is 2.85. The van der Waals surface area contributed by atoms with E-state index in [9.17, 15) is 5.11 Å². The van der Waals surface area contributed by atoms with E-state index < -0.39 is 0 Å². The molecule has 0 bridgehead atoms. The number of hydrogen-bond acceptors (Lipinski definition) is 3. The predicted octanol–water partition coefficient (Wildman–Crippen LogP) is -1.32. The Morgan fingerprint density at radius 3 is 3.00 bits per heavy atom. The Labute approximate surface area is 54.4 Å². The lowest BCUT2D eigenvalue weighted by Gasteiger charge is -2.10. The fourth-order valence-corrected chi connectivity index (χ4v) is 1.76. The zero-order valence-corrected chi connectivity index (χ0v) is 5.30. The average Bonchev–Trinajstić information content (AvgIpc) is 2.35. The summed E-state index contributed by atoms with van der Waals surface area (Å²) in [6.07, 6.45) is 1.01. The van der Waals surface area contributed by atoms with Crippen LogP contribution < -0.4 is 10.6 Å². The molecule has 0 unspecified atom stereocenters. The van der Waals surface area contributed by atoms with Crippen LogP contribution in [-0.4, -0.2) is 36.4 Å². The smallest absolute Gasteiger partial charge is 0.0832 e. The summed E-state index contributed by atoms with van der Waals surface area (Å²) in [6.45, 7) is 1.82. The van der Waals surface area contributed by atoms with Gasteiger partial charge in [0.05, 0.1) is 6.10 Å². The Bertz CT molecular complexity index is 118. The van der Waals surface area contributed by atoms with E-state index >= 15 is 0 Å². The normalized spacial score (nSPS) is 49.7. The number of aliphatic hydroxyl groups excluding tert-OH is 1. The van der Waals surface area contributed by atoms with Gasteiger partial charge in [-0.1, -0.05) is 0 Å². The number of fused-ring (bicyclic) bond motifs is 1. The molecule has 3 heteroatoms. The maximum Gasteiger partial charge on any atom is 0.0832 e. The summed E-state index contributed by atoms with van der Waals surface area (Å²) in [5, 5.41) is 15.8. The molecule has 52 valence electrons. The second kappa shape index (κ2) is 1.94. The molecule has 0 aliphatic carbocycles. The Kier molecular flexibility index (Phi) is 1.22. The van der Waals surface area contributed by atoms with Gasteiger partial charge in [-0.3, -0.25) is 0 Å². The van der Waals surface area contributed by atoms with Crippen molar-refractivity contribution in [1.29, 1.82) is 0 Å². The van der Waals surface area contributed by atoms with Gasteiger partial charge >= 0.3 is 0 Å². The number of β-amino-alcohol motifs (C(OH)–C–C–N with tert-alkyl or cyclic N) is 1. The summed E-state index contributed by atoms with van der Waals surface area (Å²) < 4.78 is 0. The third-order valence-electron chi connectivity index (χ3n) is 2.27. The highest BCUT2D eigenvalue weighted by Gasteiger charge is 2.37. The molecule has 0 radical (unpaired) electrons. The standard InChI is InChI=1S/C6H12N2O/c9-5-3-8-4-1-2-7-6(4)5/h4-9H,1-3H2/t4-,5-,6+/m0/s1. The van der Waals surface area contributed by atoms with Gasteiger partial charge in [-0.05, 0) is 13.0 Å². The van der Waals surface area contributed by atoms with Crippen molar-refractivity contribution in [1.82, 2.24) is 10.6 Å². The molecule has 2 aliphatic heterocycles. The zero-order valence-electron chi connectivity index (χ0n) is 5.30. The van der Waals surface area contributed by atoms with Crippen molar-refractivity contribution in [3.05, 3.63) is 0 Å². The van der Waals surface area contributed by atoms with Crippen molar-refractivity contribution in [3.8, 4) is 0 Å². The molecular formula is C6H12N2O. The number of aliphatic hydroxyl groups is 1. The van der Waals surface area contributed by atoms with Crippen LogP contribution in [0.3, 0.4) is 0 Å². The van der Waals surface area contributed by atoms with E-state index in [1.54, 1.807) is 0 Å². The first-order valence-electron chi connectivity index (χ1n) is 3.53. The Hall–Kier alpha value is -0.120. The number of hydrogen-bond donors (Lipinski definition) is 3. The summed E-state index contributed by atoms with van der Waals surface area (Å²) in [5.41, 5.74) is 0. The quantitative estimate of drug-likeness (QED) is 0.379. The van der Waals surface area contributed by atoms with Gasteiger partial charge in [-0.2, -0.15) is 0 Å². The molecule has 2 fully saturated rings. The van der Waals surface area contributed by atoms with Crippen molar-refractivity contribution < 1.29 is 5.11 Å². The first kappa shape index (κ1) is 5.65. The fraction of sp³-hybridized carbons (Fsp3) is 1.00. The van der Waals surface area contributed by atoms with E-state index in [1.807, 2.05) is 0 Å². The predicted molar refractivity (Wildman–Crippen MR) is 34.2 cm³/mol. The van der Waals surface area contributed by atoms with Crippen LogP contribution in [0, 0.1) is 0 Å². The van der Waals surface area contributed by atoms with E-state index in [2.05, 4.69) is 10.6 Å². The molecule has 2 rings (SSSR count). The summed E-state index contributed by atoms with van der Waals surface area (Å²) >= 11 is 0. The van der Waals surface area contributed by atoms with Crippen molar-refractivity contribution in [2.75, 3.05) is 13.1 Å². The van der Waals surface area contributed by atoms with E-state index in [0.717, 1.165) is 13.1 Å². The number of rotatable bonds is 0. The zero-order chi connectivity index (χ0) is 6.27. The largest absolute Gasteiger partial charge is 0.390 e. The summed E-state index contributed by atoms with van der Waals surface area (Å²) in [4.78, 5) is 0. The van der Waals surface area contributed by atoms with Crippen LogP contribution in [0.15, 0.2) is 0 Å². The maximum atomic E-state index is 9.27. The van der Waals surface area contributed by atoms with Crippen molar-refractivity contribution in [2.45, 2.75) is 24.6 Å². The lowest BCUT2D eigenvalue weighted by Crippen LogP contribution is -2.36. The Morgan fingerprint density at radius 2 is 2.22 bits per heavy atom. The summed E-state index contributed by atoms with van der Waals surface area (Å²) in [7, 11) is 0. The van der Waals surface area contributed by atoms with Gasteiger partial charge in [-0.15, -0.1) is 0 Å². The van der Waals surface area contributed by atoms with Crippen LogP contribution in [0.5, 0.6) is 0 Å². The average molecular weight is 128 g/mol. The second-order valence-corrected chi connectivity index (χ2v) is 2.85. The van der Waals surface area contributed by atoms with Gasteiger partial charge in [0, 0.05) is 18.6 Å². The molecule has 2 saturated heterocycles. The molecule has 0 aromatic heterocycles. The van der Waals surface area contributed by atoms with Gasteiger partial charge in [0.15, 0.2) is 0 Å². The van der Waals surface area contributed by atoms with E-state index in [4.69, 9.17) is 0 Å². The maximum absolute atomic E-state index is 9.27. The molecule has 0 spiro atoms. The molecule has 0 aromatic carbocycles. The fourth-order valence-electron chi connectivity index (χ4n) is 1.76. The van der Waals surface area contributed by atoms with Gasteiger partial charge in [0.2, 0.25) is 0 Å². The highest BCUT2D eigenvalue weighted by molar-refractivity contribution is 5.00. The molecule has 3 N–H and O–H groups in total. The molecule has 2 aliphatic rings. The molecule has 0 aromatic rings. The third kappa shape index (κ3) is 0.764. The van der Waals surface area contributed by atoms with E-state index in [-0.39, 0.29) is 6.10 Å².